The average Bonchev–Trinajstić information content (AvgIpc) is 3.04. The largest absolute Gasteiger partial charge is 0.322 e. The van der Waals surface area contributed by atoms with E-state index >= 15 is 0 Å². The lowest BCUT2D eigenvalue weighted by Gasteiger charge is -2.07. The third-order valence-electron chi connectivity index (χ3n) is 3.30. The van der Waals surface area contributed by atoms with Crippen molar-refractivity contribution in [2.75, 3.05) is 5.32 Å². The molecule has 0 aliphatic heterocycles. The lowest BCUT2D eigenvalue weighted by molar-refractivity contribution is 0.102. The minimum atomic E-state index is -0.200. The quantitative estimate of drug-likeness (QED) is 0.757. The van der Waals surface area contributed by atoms with Gasteiger partial charge in [-0.15, -0.1) is 0 Å². The SMILES string of the molecule is O=C(Nc1ccc(Cl)c(Cl)c1)c1ccc(Cn2cccn2)cc1. The van der Waals surface area contributed by atoms with Crippen LogP contribution in [0.25, 0.3) is 0 Å². The van der Waals surface area contributed by atoms with Crippen molar-refractivity contribution in [3.05, 3.63) is 82.1 Å². The number of benzene rings is 2. The van der Waals surface area contributed by atoms with E-state index in [2.05, 4.69) is 10.4 Å². The number of aromatic nitrogens is 2. The van der Waals surface area contributed by atoms with Gasteiger partial charge in [-0.2, -0.15) is 5.10 Å². The molecular formula is C17H13Cl2N3O. The van der Waals surface area contributed by atoms with Crippen molar-refractivity contribution in [3.8, 4) is 0 Å². The smallest absolute Gasteiger partial charge is 0.255 e. The molecule has 4 nitrogen and oxygen atoms in total. The van der Waals surface area contributed by atoms with Crippen molar-refractivity contribution >= 4 is 34.8 Å². The molecule has 3 rings (SSSR count). The predicted molar refractivity (Wildman–Crippen MR) is 92.2 cm³/mol. The van der Waals surface area contributed by atoms with Crippen molar-refractivity contribution in [1.82, 2.24) is 9.78 Å². The number of anilines is 1. The average molecular weight is 346 g/mol. The van der Waals surface area contributed by atoms with E-state index in [1.807, 2.05) is 29.1 Å². The van der Waals surface area contributed by atoms with Gasteiger partial charge in [0.15, 0.2) is 0 Å². The summed E-state index contributed by atoms with van der Waals surface area (Å²) in [5.74, 6) is -0.200. The van der Waals surface area contributed by atoms with Gasteiger partial charge in [-0.05, 0) is 42.0 Å². The van der Waals surface area contributed by atoms with E-state index in [0.29, 0.717) is 27.8 Å². The molecule has 0 spiro atoms. The normalized spacial score (nSPS) is 10.5. The number of hydrogen-bond acceptors (Lipinski definition) is 2. The van der Waals surface area contributed by atoms with E-state index in [1.165, 1.54) is 0 Å². The van der Waals surface area contributed by atoms with E-state index in [-0.39, 0.29) is 5.91 Å². The van der Waals surface area contributed by atoms with Crippen molar-refractivity contribution in [2.24, 2.45) is 0 Å². The second kappa shape index (κ2) is 6.86. The summed E-state index contributed by atoms with van der Waals surface area (Å²) in [5, 5.41) is 7.80. The Bertz CT molecular complexity index is 814. The molecule has 1 heterocycles. The van der Waals surface area contributed by atoms with Crippen LogP contribution in [0.5, 0.6) is 0 Å². The molecule has 0 aliphatic rings. The van der Waals surface area contributed by atoms with E-state index in [9.17, 15) is 4.79 Å². The van der Waals surface area contributed by atoms with Gasteiger partial charge in [-0.3, -0.25) is 9.48 Å². The first kappa shape index (κ1) is 15.6. The Balaban J connectivity index is 1.68. The van der Waals surface area contributed by atoms with Crippen LogP contribution >= 0.6 is 23.2 Å². The molecule has 23 heavy (non-hydrogen) atoms. The van der Waals surface area contributed by atoms with E-state index in [1.54, 1.807) is 36.5 Å². The molecule has 116 valence electrons. The van der Waals surface area contributed by atoms with Gasteiger partial charge in [0.25, 0.3) is 5.91 Å². The van der Waals surface area contributed by atoms with Crippen molar-refractivity contribution < 1.29 is 4.79 Å². The molecule has 0 saturated carbocycles. The number of hydrogen-bond donors (Lipinski definition) is 1. The van der Waals surface area contributed by atoms with Gasteiger partial charge in [0.1, 0.15) is 0 Å². The summed E-state index contributed by atoms with van der Waals surface area (Å²) in [6.07, 6.45) is 3.63. The molecule has 2 aromatic carbocycles. The lowest BCUT2D eigenvalue weighted by atomic mass is 10.1. The van der Waals surface area contributed by atoms with Crippen molar-refractivity contribution in [2.45, 2.75) is 6.54 Å². The molecule has 1 amide bonds. The molecule has 1 aromatic heterocycles. The number of carbonyl (C=O) groups excluding carboxylic acids is 1. The zero-order valence-electron chi connectivity index (χ0n) is 12.0. The summed E-state index contributed by atoms with van der Waals surface area (Å²) >= 11 is 11.8. The number of rotatable bonds is 4. The van der Waals surface area contributed by atoms with E-state index < -0.39 is 0 Å². The summed E-state index contributed by atoms with van der Waals surface area (Å²) in [5.41, 5.74) is 2.24. The van der Waals surface area contributed by atoms with Gasteiger partial charge in [-0.1, -0.05) is 35.3 Å². The summed E-state index contributed by atoms with van der Waals surface area (Å²) in [6, 6.07) is 14.2. The highest BCUT2D eigenvalue weighted by atomic mass is 35.5. The van der Waals surface area contributed by atoms with Gasteiger partial charge in [-0.25, -0.2) is 0 Å². The lowest BCUT2D eigenvalue weighted by Crippen LogP contribution is -2.12. The fourth-order valence-corrected chi connectivity index (χ4v) is 2.42. The molecule has 0 aliphatic carbocycles. The first-order valence-electron chi connectivity index (χ1n) is 6.94. The molecule has 0 unspecified atom stereocenters. The fourth-order valence-electron chi connectivity index (χ4n) is 2.12. The topological polar surface area (TPSA) is 46.9 Å². The zero-order valence-corrected chi connectivity index (χ0v) is 13.6. The predicted octanol–water partition coefficient (Wildman–Crippen LogP) is 4.49. The molecule has 0 atom stereocenters. The number of carbonyl (C=O) groups is 1. The summed E-state index contributed by atoms with van der Waals surface area (Å²) in [7, 11) is 0. The van der Waals surface area contributed by atoms with Gasteiger partial charge in [0.05, 0.1) is 16.6 Å². The Morgan fingerprint density at radius 1 is 1.09 bits per heavy atom. The molecule has 6 heteroatoms. The molecule has 3 aromatic rings. The number of halogens is 2. The Kier molecular flexibility index (Phi) is 4.65. The highest BCUT2D eigenvalue weighted by Crippen LogP contribution is 2.25. The molecule has 0 fully saturated rings. The number of amides is 1. The Morgan fingerprint density at radius 3 is 2.52 bits per heavy atom. The van der Waals surface area contributed by atoms with Crippen LogP contribution in [0, 0.1) is 0 Å². The van der Waals surface area contributed by atoms with Crippen LogP contribution in [0.15, 0.2) is 60.9 Å². The molecule has 1 N–H and O–H groups in total. The fraction of sp³-hybridized carbons (Fsp3) is 0.0588. The summed E-state index contributed by atoms with van der Waals surface area (Å²) in [4.78, 5) is 12.2. The number of nitrogens with one attached hydrogen (secondary N) is 1. The van der Waals surface area contributed by atoms with Gasteiger partial charge >= 0.3 is 0 Å². The summed E-state index contributed by atoms with van der Waals surface area (Å²) in [6.45, 7) is 0.668. The minimum Gasteiger partial charge on any atom is -0.322 e. The van der Waals surface area contributed by atoms with Crippen LogP contribution in [0.2, 0.25) is 10.0 Å². The third-order valence-corrected chi connectivity index (χ3v) is 4.04. The third kappa shape index (κ3) is 3.92. The Morgan fingerprint density at radius 2 is 1.87 bits per heavy atom. The monoisotopic (exact) mass is 345 g/mol. The van der Waals surface area contributed by atoms with Crippen LogP contribution in [-0.4, -0.2) is 15.7 Å². The molecule has 0 bridgehead atoms. The van der Waals surface area contributed by atoms with Gasteiger partial charge in [0, 0.05) is 23.6 Å². The van der Waals surface area contributed by atoms with Gasteiger partial charge in [0.2, 0.25) is 0 Å². The maximum absolute atomic E-state index is 12.2. The molecule has 0 radical (unpaired) electrons. The number of nitrogens with zero attached hydrogens (tertiary/aromatic N) is 2. The van der Waals surface area contributed by atoms with E-state index in [0.717, 1.165) is 5.56 Å². The summed E-state index contributed by atoms with van der Waals surface area (Å²) < 4.78 is 1.82. The second-order valence-electron chi connectivity index (χ2n) is 4.98. The Hall–Kier alpha value is -2.30. The van der Waals surface area contributed by atoms with Crippen LogP contribution in [0.1, 0.15) is 15.9 Å². The minimum absolute atomic E-state index is 0.200. The maximum Gasteiger partial charge on any atom is 0.255 e. The van der Waals surface area contributed by atoms with Crippen LogP contribution in [0.3, 0.4) is 0 Å². The zero-order chi connectivity index (χ0) is 16.2. The van der Waals surface area contributed by atoms with Crippen molar-refractivity contribution in [3.63, 3.8) is 0 Å². The Labute approximate surface area is 143 Å². The highest BCUT2D eigenvalue weighted by molar-refractivity contribution is 6.42. The van der Waals surface area contributed by atoms with Crippen LogP contribution in [0.4, 0.5) is 5.69 Å². The molecule has 0 saturated heterocycles. The van der Waals surface area contributed by atoms with E-state index in [4.69, 9.17) is 23.2 Å². The maximum atomic E-state index is 12.2. The first-order valence-corrected chi connectivity index (χ1v) is 7.70. The van der Waals surface area contributed by atoms with Crippen LogP contribution in [-0.2, 0) is 6.54 Å². The molecular weight excluding hydrogens is 333 g/mol. The van der Waals surface area contributed by atoms with Crippen molar-refractivity contribution in [1.29, 1.82) is 0 Å². The second-order valence-corrected chi connectivity index (χ2v) is 5.80. The first-order chi connectivity index (χ1) is 11.1. The van der Waals surface area contributed by atoms with Crippen LogP contribution < -0.4 is 5.32 Å². The highest BCUT2D eigenvalue weighted by Gasteiger charge is 2.07. The standard InChI is InChI=1S/C17H13Cl2N3O/c18-15-7-6-14(10-16(15)19)21-17(23)13-4-2-12(3-5-13)11-22-9-1-8-20-22/h1-10H,11H2,(H,21,23). The van der Waals surface area contributed by atoms with Gasteiger partial charge < -0.3 is 5.32 Å².